The molecule has 0 radical (unpaired) electrons. The SMILES string of the molecule is CC(C)Oc1ccccc1/C=N/N(C)C. The molecule has 0 saturated carbocycles. The Kier molecular flexibility index (Phi) is 4.16. The first-order valence-corrected chi connectivity index (χ1v) is 5.06. The first kappa shape index (κ1) is 11.6. The minimum Gasteiger partial charge on any atom is -0.490 e. The van der Waals surface area contributed by atoms with Gasteiger partial charge in [0.1, 0.15) is 5.75 Å². The Labute approximate surface area is 91.4 Å². The number of benzene rings is 1. The minimum absolute atomic E-state index is 0.180. The summed E-state index contributed by atoms with van der Waals surface area (Å²) in [6.07, 6.45) is 1.98. The van der Waals surface area contributed by atoms with Crippen LogP contribution in [-0.4, -0.2) is 31.4 Å². The number of hydrogen-bond donors (Lipinski definition) is 0. The summed E-state index contributed by atoms with van der Waals surface area (Å²) in [6, 6.07) is 7.89. The summed E-state index contributed by atoms with van der Waals surface area (Å²) in [5.41, 5.74) is 1.000. The summed E-state index contributed by atoms with van der Waals surface area (Å²) in [5.74, 6) is 0.873. The van der Waals surface area contributed by atoms with Gasteiger partial charge in [0.05, 0.1) is 12.3 Å². The number of para-hydroxylation sites is 1. The summed E-state index contributed by atoms with van der Waals surface area (Å²) < 4.78 is 5.67. The quantitative estimate of drug-likeness (QED) is 0.558. The molecule has 82 valence electrons. The molecule has 0 unspecified atom stereocenters. The molecule has 0 aliphatic carbocycles. The molecule has 1 aromatic rings. The second kappa shape index (κ2) is 5.39. The van der Waals surface area contributed by atoms with Gasteiger partial charge in [0.15, 0.2) is 0 Å². The number of hydrogen-bond acceptors (Lipinski definition) is 3. The monoisotopic (exact) mass is 206 g/mol. The molecule has 0 fully saturated rings. The molecule has 0 atom stereocenters. The Morgan fingerprint density at radius 3 is 2.53 bits per heavy atom. The van der Waals surface area contributed by atoms with Crippen molar-refractivity contribution in [3.63, 3.8) is 0 Å². The third kappa shape index (κ3) is 4.02. The Morgan fingerprint density at radius 1 is 1.27 bits per heavy atom. The number of ether oxygens (including phenoxy) is 1. The van der Waals surface area contributed by atoms with Crippen LogP contribution in [-0.2, 0) is 0 Å². The number of nitrogens with zero attached hydrogens (tertiary/aromatic N) is 2. The van der Waals surface area contributed by atoms with Crippen molar-refractivity contribution in [3.8, 4) is 5.75 Å². The van der Waals surface area contributed by atoms with E-state index in [-0.39, 0.29) is 6.10 Å². The Hall–Kier alpha value is -1.51. The first-order valence-electron chi connectivity index (χ1n) is 5.06. The second-order valence-electron chi connectivity index (χ2n) is 3.80. The fraction of sp³-hybridized carbons (Fsp3) is 0.417. The smallest absolute Gasteiger partial charge is 0.128 e. The molecule has 0 saturated heterocycles. The van der Waals surface area contributed by atoms with Crippen LogP contribution in [0, 0.1) is 0 Å². The van der Waals surface area contributed by atoms with Crippen molar-refractivity contribution >= 4 is 6.21 Å². The van der Waals surface area contributed by atoms with Crippen molar-refractivity contribution in [3.05, 3.63) is 29.8 Å². The topological polar surface area (TPSA) is 24.8 Å². The molecule has 15 heavy (non-hydrogen) atoms. The van der Waals surface area contributed by atoms with Crippen molar-refractivity contribution in [2.24, 2.45) is 5.10 Å². The predicted molar refractivity (Wildman–Crippen MR) is 63.5 cm³/mol. The lowest BCUT2D eigenvalue weighted by Gasteiger charge is -2.12. The van der Waals surface area contributed by atoms with Crippen LogP contribution < -0.4 is 4.74 Å². The zero-order valence-corrected chi connectivity index (χ0v) is 9.77. The molecule has 0 bridgehead atoms. The second-order valence-corrected chi connectivity index (χ2v) is 3.80. The Balaban J connectivity index is 2.86. The fourth-order valence-corrected chi connectivity index (χ4v) is 1.13. The van der Waals surface area contributed by atoms with Crippen LogP contribution >= 0.6 is 0 Å². The number of hydrazone groups is 1. The van der Waals surface area contributed by atoms with Crippen LogP contribution in [0.3, 0.4) is 0 Å². The summed E-state index contributed by atoms with van der Waals surface area (Å²) in [6.45, 7) is 4.03. The highest BCUT2D eigenvalue weighted by atomic mass is 16.5. The maximum absolute atomic E-state index is 5.67. The summed E-state index contributed by atoms with van der Waals surface area (Å²) in [7, 11) is 3.78. The highest BCUT2D eigenvalue weighted by Gasteiger charge is 2.02. The molecule has 0 aliphatic heterocycles. The first-order chi connectivity index (χ1) is 7.09. The van der Waals surface area contributed by atoms with Crippen LogP contribution in [0.2, 0.25) is 0 Å². The molecule has 3 nitrogen and oxygen atoms in total. The van der Waals surface area contributed by atoms with Gasteiger partial charge in [-0.3, -0.25) is 0 Å². The fourth-order valence-electron chi connectivity index (χ4n) is 1.13. The van der Waals surface area contributed by atoms with E-state index in [0.29, 0.717) is 0 Å². The highest BCUT2D eigenvalue weighted by molar-refractivity contribution is 5.83. The summed E-state index contributed by atoms with van der Waals surface area (Å²) in [4.78, 5) is 0. The Morgan fingerprint density at radius 2 is 1.93 bits per heavy atom. The van der Waals surface area contributed by atoms with Crippen molar-refractivity contribution in [1.29, 1.82) is 0 Å². The predicted octanol–water partition coefficient (Wildman–Crippen LogP) is 2.37. The van der Waals surface area contributed by atoms with Gasteiger partial charge in [0.25, 0.3) is 0 Å². The van der Waals surface area contributed by atoms with E-state index in [2.05, 4.69) is 5.10 Å². The average Bonchev–Trinajstić information content (AvgIpc) is 2.15. The van der Waals surface area contributed by atoms with E-state index in [1.54, 1.807) is 11.2 Å². The zero-order chi connectivity index (χ0) is 11.3. The molecule has 0 aliphatic rings. The van der Waals surface area contributed by atoms with Gasteiger partial charge < -0.3 is 9.75 Å². The van der Waals surface area contributed by atoms with E-state index < -0.39 is 0 Å². The standard InChI is InChI=1S/C12H18N2O/c1-10(2)15-12-8-6-5-7-11(12)9-13-14(3)4/h5-10H,1-4H3/b13-9+. The van der Waals surface area contributed by atoms with E-state index in [0.717, 1.165) is 11.3 Å². The van der Waals surface area contributed by atoms with E-state index >= 15 is 0 Å². The molecule has 3 heteroatoms. The van der Waals surface area contributed by atoms with Crippen molar-refractivity contribution < 1.29 is 4.74 Å². The van der Waals surface area contributed by atoms with E-state index in [1.165, 1.54) is 0 Å². The van der Waals surface area contributed by atoms with Gasteiger partial charge in [-0.2, -0.15) is 5.10 Å². The average molecular weight is 206 g/mol. The maximum atomic E-state index is 5.67. The largest absolute Gasteiger partial charge is 0.490 e. The van der Waals surface area contributed by atoms with Gasteiger partial charge in [-0.1, -0.05) is 12.1 Å². The van der Waals surface area contributed by atoms with Crippen LogP contribution in [0.4, 0.5) is 0 Å². The molecule has 0 aromatic heterocycles. The normalized spacial score (nSPS) is 11.0. The van der Waals surface area contributed by atoms with E-state index in [4.69, 9.17) is 4.74 Å². The van der Waals surface area contributed by atoms with Crippen LogP contribution in [0.25, 0.3) is 0 Å². The van der Waals surface area contributed by atoms with Crippen LogP contribution in [0.15, 0.2) is 29.4 Å². The Bertz CT molecular complexity index is 332. The van der Waals surface area contributed by atoms with Crippen LogP contribution in [0.5, 0.6) is 5.75 Å². The lowest BCUT2D eigenvalue weighted by molar-refractivity contribution is 0.242. The molecule has 0 heterocycles. The minimum atomic E-state index is 0.180. The molecular formula is C12H18N2O. The molecule has 0 N–H and O–H groups in total. The third-order valence-corrected chi connectivity index (χ3v) is 1.71. The maximum Gasteiger partial charge on any atom is 0.128 e. The van der Waals surface area contributed by atoms with Gasteiger partial charge in [-0.05, 0) is 26.0 Å². The van der Waals surface area contributed by atoms with Gasteiger partial charge in [0.2, 0.25) is 0 Å². The van der Waals surface area contributed by atoms with Gasteiger partial charge in [-0.15, -0.1) is 0 Å². The van der Waals surface area contributed by atoms with E-state index in [1.807, 2.05) is 52.2 Å². The van der Waals surface area contributed by atoms with Crippen molar-refractivity contribution in [2.75, 3.05) is 14.1 Å². The highest BCUT2D eigenvalue weighted by Crippen LogP contribution is 2.17. The molecule has 0 spiro atoms. The molecule has 1 aromatic carbocycles. The van der Waals surface area contributed by atoms with E-state index in [9.17, 15) is 0 Å². The van der Waals surface area contributed by atoms with Gasteiger partial charge in [-0.25, -0.2) is 0 Å². The molecule has 0 amide bonds. The third-order valence-electron chi connectivity index (χ3n) is 1.71. The van der Waals surface area contributed by atoms with Crippen LogP contribution in [0.1, 0.15) is 19.4 Å². The summed E-state index contributed by atoms with van der Waals surface area (Å²) >= 11 is 0. The van der Waals surface area contributed by atoms with Gasteiger partial charge in [0, 0.05) is 19.7 Å². The van der Waals surface area contributed by atoms with Crippen molar-refractivity contribution in [1.82, 2.24) is 5.01 Å². The van der Waals surface area contributed by atoms with Gasteiger partial charge >= 0.3 is 0 Å². The van der Waals surface area contributed by atoms with Crippen molar-refractivity contribution in [2.45, 2.75) is 20.0 Å². The lowest BCUT2D eigenvalue weighted by Crippen LogP contribution is -2.08. The summed E-state index contributed by atoms with van der Waals surface area (Å²) in [5, 5.41) is 5.95. The lowest BCUT2D eigenvalue weighted by atomic mass is 10.2. The molecule has 1 rings (SSSR count). The number of rotatable bonds is 4. The molecular weight excluding hydrogens is 188 g/mol. The zero-order valence-electron chi connectivity index (χ0n) is 9.77.